The fourth-order valence-electron chi connectivity index (χ4n) is 3.23. The molecule has 1 amide bonds. The molecule has 2 aromatic rings. The Kier molecular flexibility index (Phi) is 4.35. The lowest BCUT2D eigenvalue weighted by molar-refractivity contribution is -0.120. The maximum atomic E-state index is 14.1. The normalized spacial score (nSPS) is 22.2. The molecule has 0 aromatic heterocycles. The smallest absolute Gasteiger partial charge is 0.224 e. The molecule has 1 saturated carbocycles. The highest BCUT2D eigenvalue weighted by atomic mass is 19.1. The van der Waals surface area contributed by atoms with Crippen LogP contribution in [0.4, 0.5) is 13.2 Å². The van der Waals surface area contributed by atoms with Crippen LogP contribution in [-0.2, 0) is 16.6 Å². The van der Waals surface area contributed by atoms with E-state index in [4.69, 9.17) is 0 Å². The van der Waals surface area contributed by atoms with Crippen molar-refractivity contribution in [3.8, 4) is 0 Å². The second kappa shape index (κ2) is 6.30. The van der Waals surface area contributed by atoms with Crippen LogP contribution in [0.15, 0.2) is 42.5 Å². The molecule has 0 aliphatic heterocycles. The first kappa shape index (κ1) is 16.6. The van der Waals surface area contributed by atoms with Gasteiger partial charge in [0.25, 0.3) is 0 Å². The van der Waals surface area contributed by atoms with Crippen molar-refractivity contribution in [3.05, 3.63) is 71.0 Å². The predicted octanol–water partition coefficient (Wildman–Crippen LogP) is 3.74. The Hall–Kier alpha value is -2.30. The lowest BCUT2D eigenvalue weighted by atomic mass is 9.92. The molecule has 24 heavy (non-hydrogen) atoms. The van der Waals surface area contributed by atoms with Gasteiger partial charge < -0.3 is 5.32 Å². The molecule has 2 nitrogen and oxygen atoms in total. The lowest BCUT2D eigenvalue weighted by Gasteiger charge is -2.19. The summed E-state index contributed by atoms with van der Waals surface area (Å²) in [5.74, 6) is -1.77. The first-order chi connectivity index (χ1) is 11.4. The van der Waals surface area contributed by atoms with E-state index < -0.39 is 22.9 Å². The molecule has 2 atom stereocenters. The zero-order valence-electron chi connectivity index (χ0n) is 13.3. The monoisotopic (exact) mass is 333 g/mol. The summed E-state index contributed by atoms with van der Waals surface area (Å²) in [6, 6.07) is 9.64. The van der Waals surface area contributed by atoms with E-state index in [-0.39, 0.29) is 24.8 Å². The number of halogens is 3. The lowest BCUT2D eigenvalue weighted by Crippen LogP contribution is -2.34. The Morgan fingerprint density at radius 2 is 1.88 bits per heavy atom. The van der Waals surface area contributed by atoms with Gasteiger partial charge in [0.15, 0.2) is 0 Å². The number of benzene rings is 2. The van der Waals surface area contributed by atoms with Gasteiger partial charge in [-0.25, -0.2) is 13.2 Å². The molecule has 2 aromatic carbocycles. The number of hydrogen-bond acceptors (Lipinski definition) is 1. The van der Waals surface area contributed by atoms with Gasteiger partial charge in [-0.3, -0.25) is 4.79 Å². The van der Waals surface area contributed by atoms with Gasteiger partial charge in [-0.15, -0.1) is 0 Å². The van der Waals surface area contributed by atoms with E-state index in [1.165, 1.54) is 18.2 Å². The molecule has 0 bridgehead atoms. The number of rotatable bonds is 5. The summed E-state index contributed by atoms with van der Waals surface area (Å²) in [5.41, 5.74) is 0.228. The molecular formula is C19H18F3NO. The number of hydrogen-bond donors (Lipinski definition) is 1. The molecule has 126 valence electrons. The van der Waals surface area contributed by atoms with Crippen LogP contribution in [0, 0.1) is 23.4 Å². The largest absolute Gasteiger partial charge is 0.355 e. The third kappa shape index (κ3) is 3.16. The van der Waals surface area contributed by atoms with E-state index in [1.54, 1.807) is 18.2 Å². The minimum absolute atomic E-state index is 0.0664. The second-order valence-corrected chi connectivity index (χ2v) is 6.43. The summed E-state index contributed by atoms with van der Waals surface area (Å²) < 4.78 is 40.8. The molecule has 1 aliphatic carbocycles. The summed E-state index contributed by atoms with van der Waals surface area (Å²) in [4.78, 5) is 12.1. The van der Waals surface area contributed by atoms with Crippen LogP contribution in [-0.4, -0.2) is 12.5 Å². The molecule has 2 unspecified atom stereocenters. The minimum atomic E-state index is -0.622. The van der Waals surface area contributed by atoms with Crippen LogP contribution in [0.5, 0.6) is 0 Å². The third-order valence-electron chi connectivity index (χ3n) is 4.83. The third-order valence-corrected chi connectivity index (χ3v) is 4.83. The Morgan fingerprint density at radius 3 is 2.50 bits per heavy atom. The standard InChI is InChI=1S/C19H18F3NO/c1-12-10-19(12,15-7-6-14(20)9-17(15)22)11-23-18(24)8-13-4-2-3-5-16(13)21/h2-7,9,12H,8,10-11H2,1H3,(H,23,24). The first-order valence-corrected chi connectivity index (χ1v) is 7.88. The Labute approximate surface area is 138 Å². The number of amides is 1. The van der Waals surface area contributed by atoms with Gasteiger partial charge in [0, 0.05) is 18.0 Å². The highest BCUT2D eigenvalue weighted by Gasteiger charge is 2.53. The van der Waals surface area contributed by atoms with Gasteiger partial charge in [-0.1, -0.05) is 31.2 Å². The SMILES string of the molecule is CC1CC1(CNC(=O)Cc1ccccc1F)c1ccc(F)cc1F. The maximum Gasteiger partial charge on any atom is 0.224 e. The molecule has 1 aliphatic rings. The summed E-state index contributed by atoms with van der Waals surface area (Å²) in [6.45, 7) is 2.22. The summed E-state index contributed by atoms with van der Waals surface area (Å²) in [6.07, 6.45) is 0.651. The van der Waals surface area contributed by atoms with Gasteiger partial charge in [0.2, 0.25) is 5.91 Å². The van der Waals surface area contributed by atoms with E-state index in [0.29, 0.717) is 11.1 Å². The van der Waals surface area contributed by atoms with Crippen molar-refractivity contribution in [3.63, 3.8) is 0 Å². The van der Waals surface area contributed by atoms with Crippen LogP contribution >= 0.6 is 0 Å². The number of nitrogens with one attached hydrogen (secondary N) is 1. The van der Waals surface area contributed by atoms with Crippen molar-refractivity contribution < 1.29 is 18.0 Å². The molecule has 0 radical (unpaired) electrons. The molecule has 1 fully saturated rings. The van der Waals surface area contributed by atoms with Crippen molar-refractivity contribution >= 4 is 5.91 Å². The summed E-state index contributed by atoms with van der Waals surface area (Å²) >= 11 is 0. The van der Waals surface area contributed by atoms with E-state index in [1.807, 2.05) is 6.92 Å². The Bertz CT molecular complexity index is 777. The van der Waals surface area contributed by atoms with E-state index >= 15 is 0 Å². The molecule has 5 heteroatoms. The van der Waals surface area contributed by atoms with Crippen molar-refractivity contribution in [1.29, 1.82) is 0 Å². The fourth-order valence-corrected chi connectivity index (χ4v) is 3.23. The van der Waals surface area contributed by atoms with Crippen LogP contribution in [0.2, 0.25) is 0 Å². The average molecular weight is 333 g/mol. The van der Waals surface area contributed by atoms with Gasteiger partial charge in [0.05, 0.1) is 6.42 Å². The van der Waals surface area contributed by atoms with E-state index in [0.717, 1.165) is 12.5 Å². The highest BCUT2D eigenvalue weighted by molar-refractivity contribution is 5.78. The van der Waals surface area contributed by atoms with Crippen molar-refractivity contribution in [1.82, 2.24) is 5.32 Å². The summed E-state index contributed by atoms with van der Waals surface area (Å²) in [5, 5.41) is 2.77. The number of carbonyl (C=O) groups is 1. The second-order valence-electron chi connectivity index (χ2n) is 6.43. The van der Waals surface area contributed by atoms with Gasteiger partial charge >= 0.3 is 0 Å². The van der Waals surface area contributed by atoms with Crippen molar-refractivity contribution in [2.45, 2.75) is 25.2 Å². The minimum Gasteiger partial charge on any atom is -0.355 e. The van der Waals surface area contributed by atoms with Crippen LogP contribution < -0.4 is 5.32 Å². The van der Waals surface area contributed by atoms with Crippen LogP contribution in [0.25, 0.3) is 0 Å². The van der Waals surface area contributed by atoms with Crippen LogP contribution in [0.3, 0.4) is 0 Å². The highest BCUT2D eigenvalue weighted by Crippen LogP contribution is 2.54. The quantitative estimate of drug-likeness (QED) is 0.887. The molecular weight excluding hydrogens is 315 g/mol. The van der Waals surface area contributed by atoms with E-state index in [9.17, 15) is 18.0 Å². The molecule has 3 rings (SSSR count). The van der Waals surface area contributed by atoms with Gasteiger partial charge in [0.1, 0.15) is 17.5 Å². The first-order valence-electron chi connectivity index (χ1n) is 7.88. The Balaban J connectivity index is 1.68. The fraction of sp³-hybridized carbons (Fsp3) is 0.316. The molecule has 0 heterocycles. The topological polar surface area (TPSA) is 29.1 Å². The van der Waals surface area contributed by atoms with Gasteiger partial charge in [-0.05, 0) is 35.6 Å². The predicted molar refractivity (Wildman–Crippen MR) is 84.9 cm³/mol. The van der Waals surface area contributed by atoms with E-state index in [2.05, 4.69) is 5.32 Å². The van der Waals surface area contributed by atoms with Crippen molar-refractivity contribution in [2.75, 3.05) is 6.54 Å². The van der Waals surface area contributed by atoms with Crippen LogP contribution in [0.1, 0.15) is 24.5 Å². The molecule has 0 spiro atoms. The molecule has 0 saturated heterocycles. The summed E-state index contributed by atoms with van der Waals surface area (Å²) in [7, 11) is 0. The molecule has 1 N–H and O–H groups in total. The Morgan fingerprint density at radius 1 is 1.17 bits per heavy atom. The number of carbonyl (C=O) groups excluding carboxylic acids is 1. The zero-order chi connectivity index (χ0) is 17.3. The zero-order valence-corrected chi connectivity index (χ0v) is 13.3. The van der Waals surface area contributed by atoms with Gasteiger partial charge in [-0.2, -0.15) is 0 Å². The average Bonchev–Trinajstić information content (AvgIpc) is 3.18. The maximum absolute atomic E-state index is 14.1. The van der Waals surface area contributed by atoms with Crippen molar-refractivity contribution in [2.24, 2.45) is 5.92 Å².